The van der Waals surface area contributed by atoms with Crippen LogP contribution in [0.1, 0.15) is 25.8 Å². The van der Waals surface area contributed by atoms with Gasteiger partial charge in [0, 0.05) is 11.0 Å². The van der Waals surface area contributed by atoms with Crippen molar-refractivity contribution in [1.82, 2.24) is 4.98 Å². The first-order chi connectivity index (χ1) is 9.36. The van der Waals surface area contributed by atoms with E-state index >= 15 is 0 Å². The highest BCUT2D eigenvalue weighted by Gasteiger charge is 2.23. The van der Waals surface area contributed by atoms with Gasteiger partial charge in [0.2, 0.25) is 0 Å². The number of hydrogen-bond acceptors (Lipinski definition) is 5. The average Bonchev–Trinajstić information content (AvgIpc) is 2.80. The van der Waals surface area contributed by atoms with E-state index in [2.05, 4.69) is 20.8 Å². The van der Waals surface area contributed by atoms with Crippen molar-refractivity contribution in [2.45, 2.75) is 26.2 Å². The number of benzene rings is 1. The summed E-state index contributed by atoms with van der Waals surface area (Å²) in [6, 6.07) is 5.62. The van der Waals surface area contributed by atoms with Crippen LogP contribution in [0.4, 0.5) is 5.00 Å². The number of hydrogen-bond donors (Lipinski definition) is 1. The fourth-order valence-electron chi connectivity index (χ4n) is 1.84. The third kappa shape index (κ3) is 2.72. The number of ether oxygens (including phenoxy) is 2. The summed E-state index contributed by atoms with van der Waals surface area (Å²) in [7, 11) is 3.27. The Hall–Kier alpha value is -1.75. The number of methoxy groups -OCH3 is 2. The van der Waals surface area contributed by atoms with Gasteiger partial charge in [-0.1, -0.05) is 20.8 Å². The van der Waals surface area contributed by atoms with Gasteiger partial charge in [-0.25, -0.2) is 4.98 Å². The van der Waals surface area contributed by atoms with Gasteiger partial charge in [-0.2, -0.15) is 0 Å². The van der Waals surface area contributed by atoms with Crippen LogP contribution in [0, 0.1) is 0 Å². The normalized spacial score (nSPS) is 11.4. The third-order valence-corrected chi connectivity index (χ3v) is 4.27. The molecule has 4 nitrogen and oxygen atoms in total. The molecule has 20 heavy (non-hydrogen) atoms. The van der Waals surface area contributed by atoms with Gasteiger partial charge in [0.05, 0.1) is 14.2 Å². The predicted molar refractivity (Wildman–Crippen MR) is 83.8 cm³/mol. The Morgan fingerprint density at radius 3 is 2.35 bits per heavy atom. The van der Waals surface area contributed by atoms with E-state index in [1.807, 2.05) is 18.2 Å². The van der Waals surface area contributed by atoms with Gasteiger partial charge in [-0.3, -0.25) is 0 Å². The van der Waals surface area contributed by atoms with Crippen LogP contribution in [0.15, 0.2) is 18.2 Å². The topological polar surface area (TPSA) is 57.4 Å². The maximum atomic E-state index is 6.14. The first-order valence-corrected chi connectivity index (χ1v) is 7.17. The highest BCUT2D eigenvalue weighted by Crippen LogP contribution is 2.40. The number of anilines is 1. The molecule has 0 aliphatic rings. The van der Waals surface area contributed by atoms with E-state index in [1.54, 1.807) is 14.2 Å². The number of nitrogens with two attached hydrogens (primary N) is 1. The number of nitrogens with zero attached hydrogens (tertiary/aromatic N) is 1. The SMILES string of the molecule is COc1ccc(OC)c(-c2nc(C(C)(C)C)sc2N)c1. The van der Waals surface area contributed by atoms with Crippen LogP contribution < -0.4 is 15.2 Å². The Bertz CT molecular complexity index is 615. The summed E-state index contributed by atoms with van der Waals surface area (Å²) >= 11 is 1.52. The van der Waals surface area contributed by atoms with Crippen LogP contribution in [-0.4, -0.2) is 19.2 Å². The van der Waals surface area contributed by atoms with Crippen molar-refractivity contribution in [3.8, 4) is 22.8 Å². The largest absolute Gasteiger partial charge is 0.497 e. The molecular weight excluding hydrogens is 272 g/mol. The van der Waals surface area contributed by atoms with Gasteiger partial charge < -0.3 is 15.2 Å². The maximum Gasteiger partial charge on any atom is 0.128 e. The summed E-state index contributed by atoms with van der Waals surface area (Å²) in [6.07, 6.45) is 0. The van der Waals surface area contributed by atoms with E-state index in [0.29, 0.717) is 5.00 Å². The standard InChI is InChI=1S/C15H20N2O2S/c1-15(2,3)14-17-12(13(16)20-14)10-8-9(18-4)6-7-11(10)19-5/h6-8H,16H2,1-5H3. The minimum absolute atomic E-state index is 0.0247. The summed E-state index contributed by atoms with van der Waals surface area (Å²) in [5.41, 5.74) is 7.74. The van der Waals surface area contributed by atoms with E-state index in [-0.39, 0.29) is 5.41 Å². The Labute approximate surface area is 123 Å². The molecule has 0 bridgehead atoms. The first kappa shape index (κ1) is 14.7. The summed E-state index contributed by atoms with van der Waals surface area (Å²) in [5, 5.41) is 1.70. The molecule has 0 atom stereocenters. The number of rotatable bonds is 3. The van der Waals surface area contributed by atoms with Crippen molar-refractivity contribution < 1.29 is 9.47 Å². The molecule has 0 unspecified atom stereocenters. The molecule has 0 aliphatic heterocycles. The fraction of sp³-hybridized carbons (Fsp3) is 0.400. The zero-order valence-electron chi connectivity index (χ0n) is 12.5. The van der Waals surface area contributed by atoms with Gasteiger partial charge in [0.25, 0.3) is 0 Å². The molecular formula is C15H20N2O2S. The number of aromatic nitrogens is 1. The van der Waals surface area contributed by atoms with Crippen molar-refractivity contribution in [2.24, 2.45) is 0 Å². The number of nitrogen functional groups attached to an aromatic ring is 1. The summed E-state index contributed by atoms with van der Waals surface area (Å²) in [5.74, 6) is 1.49. The lowest BCUT2D eigenvalue weighted by Crippen LogP contribution is -2.10. The van der Waals surface area contributed by atoms with Crippen molar-refractivity contribution in [3.63, 3.8) is 0 Å². The second-order valence-electron chi connectivity index (χ2n) is 5.55. The molecule has 5 heteroatoms. The van der Waals surface area contributed by atoms with Crippen LogP contribution in [0.2, 0.25) is 0 Å². The van der Waals surface area contributed by atoms with Crippen molar-refractivity contribution in [1.29, 1.82) is 0 Å². The molecule has 1 aromatic heterocycles. The van der Waals surface area contributed by atoms with Crippen molar-refractivity contribution in [3.05, 3.63) is 23.2 Å². The molecule has 0 aliphatic carbocycles. The van der Waals surface area contributed by atoms with Crippen LogP contribution in [0.3, 0.4) is 0 Å². The van der Waals surface area contributed by atoms with Gasteiger partial charge >= 0.3 is 0 Å². The molecule has 0 saturated heterocycles. The highest BCUT2D eigenvalue weighted by atomic mass is 32.1. The molecule has 1 aromatic carbocycles. The summed E-state index contributed by atoms with van der Waals surface area (Å²) in [4.78, 5) is 4.69. The van der Waals surface area contributed by atoms with Gasteiger partial charge in [0.1, 0.15) is 27.2 Å². The molecule has 0 amide bonds. The van der Waals surface area contributed by atoms with Gasteiger partial charge in [-0.05, 0) is 18.2 Å². The van der Waals surface area contributed by atoms with Crippen LogP contribution in [0.5, 0.6) is 11.5 Å². The van der Waals surface area contributed by atoms with E-state index in [4.69, 9.17) is 20.2 Å². The van der Waals surface area contributed by atoms with Crippen LogP contribution in [0.25, 0.3) is 11.3 Å². The molecule has 1 heterocycles. The Balaban J connectivity index is 2.58. The minimum Gasteiger partial charge on any atom is -0.497 e. The molecule has 0 spiro atoms. The zero-order valence-corrected chi connectivity index (χ0v) is 13.3. The molecule has 2 rings (SSSR count). The van der Waals surface area contributed by atoms with E-state index < -0.39 is 0 Å². The molecule has 2 aromatic rings. The highest BCUT2D eigenvalue weighted by molar-refractivity contribution is 7.16. The fourth-order valence-corrected chi connectivity index (χ4v) is 2.75. The Morgan fingerprint density at radius 1 is 1.15 bits per heavy atom. The van der Waals surface area contributed by atoms with Gasteiger partial charge in [0.15, 0.2) is 0 Å². The second kappa shape index (κ2) is 5.32. The lowest BCUT2D eigenvalue weighted by molar-refractivity contribution is 0.404. The minimum atomic E-state index is -0.0247. The van der Waals surface area contributed by atoms with Crippen molar-refractivity contribution >= 4 is 16.3 Å². The van der Waals surface area contributed by atoms with Crippen LogP contribution >= 0.6 is 11.3 Å². The summed E-state index contributed by atoms with van der Waals surface area (Å²) in [6.45, 7) is 6.37. The molecule has 108 valence electrons. The molecule has 0 saturated carbocycles. The molecule has 2 N–H and O–H groups in total. The molecule has 0 fully saturated rings. The monoisotopic (exact) mass is 292 g/mol. The zero-order chi connectivity index (χ0) is 14.9. The quantitative estimate of drug-likeness (QED) is 0.937. The van der Waals surface area contributed by atoms with Crippen molar-refractivity contribution in [2.75, 3.05) is 20.0 Å². The Kier molecular flexibility index (Phi) is 3.90. The summed E-state index contributed by atoms with van der Waals surface area (Å²) < 4.78 is 10.7. The van der Waals surface area contributed by atoms with E-state index in [0.717, 1.165) is 27.8 Å². The third-order valence-electron chi connectivity index (χ3n) is 2.96. The Morgan fingerprint density at radius 2 is 1.85 bits per heavy atom. The smallest absolute Gasteiger partial charge is 0.128 e. The predicted octanol–water partition coefficient (Wildman–Crippen LogP) is 3.71. The first-order valence-electron chi connectivity index (χ1n) is 6.36. The van der Waals surface area contributed by atoms with Crippen LogP contribution in [-0.2, 0) is 5.41 Å². The number of thiazole rings is 1. The van der Waals surface area contributed by atoms with E-state index in [1.165, 1.54) is 11.3 Å². The lowest BCUT2D eigenvalue weighted by atomic mass is 9.98. The maximum absolute atomic E-state index is 6.14. The van der Waals surface area contributed by atoms with Gasteiger partial charge in [-0.15, -0.1) is 11.3 Å². The molecule has 0 radical (unpaired) electrons. The lowest BCUT2D eigenvalue weighted by Gasteiger charge is -2.13. The van der Waals surface area contributed by atoms with E-state index in [9.17, 15) is 0 Å². The average molecular weight is 292 g/mol. The second-order valence-corrected chi connectivity index (χ2v) is 6.58.